The molecule has 3 rings (SSSR count). The number of fused-ring (bicyclic) bond motifs is 1. The van der Waals surface area contributed by atoms with Gasteiger partial charge in [-0.05, 0) is 39.1 Å². The minimum absolute atomic E-state index is 0. The standard InChI is InChI=1S/C17H26N4O.Na.H/c1-3-22-14-13-21-16-8-5-4-7-15(16)18-17(21)20-10-6-9-19(2)11-12-20;;/h4-5,7-8H,3,6,9-14H2,1-2H3;;. The van der Waals surface area contributed by atoms with E-state index in [1.165, 1.54) is 11.9 Å². The van der Waals surface area contributed by atoms with Gasteiger partial charge in [0.1, 0.15) is 0 Å². The molecule has 1 saturated heterocycles. The third-order valence-corrected chi connectivity index (χ3v) is 4.30. The first-order chi connectivity index (χ1) is 10.8. The third-order valence-electron chi connectivity index (χ3n) is 4.30. The molecule has 0 atom stereocenters. The first kappa shape index (κ1) is 18.7. The predicted molar refractivity (Wildman–Crippen MR) is 97.7 cm³/mol. The molecule has 1 fully saturated rings. The monoisotopic (exact) mass is 326 g/mol. The van der Waals surface area contributed by atoms with Crippen LogP contribution in [0.25, 0.3) is 11.0 Å². The summed E-state index contributed by atoms with van der Waals surface area (Å²) >= 11 is 0. The Morgan fingerprint density at radius 1 is 1.13 bits per heavy atom. The van der Waals surface area contributed by atoms with Crippen LogP contribution in [0, 0.1) is 0 Å². The van der Waals surface area contributed by atoms with Crippen LogP contribution in [0.1, 0.15) is 13.3 Å². The minimum atomic E-state index is 0. The molecule has 6 heteroatoms. The molecule has 0 radical (unpaired) electrons. The van der Waals surface area contributed by atoms with Gasteiger partial charge in [-0.2, -0.15) is 0 Å². The summed E-state index contributed by atoms with van der Waals surface area (Å²) in [4.78, 5) is 9.72. The third kappa shape index (κ3) is 4.48. The van der Waals surface area contributed by atoms with Gasteiger partial charge in [0.15, 0.2) is 0 Å². The summed E-state index contributed by atoms with van der Waals surface area (Å²) in [6.07, 6.45) is 1.19. The normalized spacial score (nSPS) is 16.3. The number of rotatable bonds is 5. The van der Waals surface area contributed by atoms with Crippen molar-refractivity contribution in [3.63, 3.8) is 0 Å². The van der Waals surface area contributed by atoms with Crippen molar-refractivity contribution in [2.75, 3.05) is 51.3 Å². The molecule has 1 aromatic carbocycles. The van der Waals surface area contributed by atoms with Gasteiger partial charge in [-0.25, -0.2) is 4.98 Å². The van der Waals surface area contributed by atoms with Crippen molar-refractivity contribution >= 4 is 46.5 Å². The van der Waals surface area contributed by atoms with Crippen molar-refractivity contribution < 1.29 is 4.74 Å². The molecule has 0 unspecified atom stereocenters. The van der Waals surface area contributed by atoms with Crippen molar-refractivity contribution in [1.82, 2.24) is 14.5 Å². The van der Waals surface area contributed by atoms with Gasteiger partial charge in [-0.15, -0.1) is 0 Å². The Morgan fingerprint density at radius 3 is 2.78 bits per heavy atom. The van der Waals surface area contributed by atoms with E-state index in [0.29, 0.717) is 0 Å². The molecule has 1 aromatic heterocycles. The number of anilines is 1. The van der Waals surface area contributed by atoms with Crippen molar-refractivity contribution in [3.8, 4) is 0 Å². The molecular formula is C17H27N4NaO. The van der Waals surface area contributed by atoms with Crippen LogP contribution in [0.5, 0.6) is 0 Å². The van der Waals surface area contributed by atoms with Crippen LogP contribution in [-0.4, -0.2) is 90.4 Å². The van der Waals surface area contributed by atoms with Crippen LogP contribution in [-0.2, 0) is 11.3 Å². The molecular weight excluding hydrogens is 299 g/mol. The number of hydrogen-bond acceptors (Lipinski definition) is 4. The van der Waals surface area contributed by atoms with Crippen LogP contribution in [0.4, 0.5) is 5.95 Å². The van der Waals surface area contributed by atoms with E-state index in [2.05, 4.69) is 45.7 Å². The van der Waals surface area contributed by atoms with E-state index in [1.807, 2.05) is 6.92 Å². The molecule has 1 aliphatic rings. The molecule has 0 bridgehead atoms. The second-order valence-electron chi connectivity index (χ2n) is 5.89. The fraction of sp³-hybridized carbons (Fsp3) is 0.588. The van der Waals surface area contributed by atoms with Gasteiger partial charge in [0.05, 0.1) is 17.6 Å². The average molecular weight is 326 g/mol. The molecule has 0 saturated carbocycles. The van der Waals surface area contributed by atoms with Crippen LogP contribution < -0.4 is 4.90 Å². The van der Waals surface area contributed by atoms with Crippen LogP contribution in [0.2, 0.25) is 0 Å². The number of imidazole rings is 1. The summed E-state index contributed by atoms with van der Waals surface area (Å²) in [5.41, 5.74) is 2.28. The SMILES string of the molecule is CCOCCn1c(N2CCCN(C)CC2)nc2ccccc21.[NaH]. The van der Waals surface area contributed by atoms with Crippen LogP contribution >= 0.6 is 0 Å². The number of nitrogens with zero attached hydrogens (tertiary/aromatic N) is 4. The summed E-state index contributed by atoms with van der Waals surface area (Å²) < 4.78 is 7.88. The summed E-state index contributed by atoms with van der Waals surface area (Å²) in [7, 11) is 2.20. The predicted octanol–water partition coefficient (Wildman–Crippen LogP) is 1.57. The number of benzene rings is 1. The number of aromatic nitrogens is 2. The zero-order valence-electron chi connectivity index (χ0n) is 13.7. The maximum atomic E-state index is 5.56. The van der Waals surface area contributed by atoms with Gasteiger partial charge in [0.2, 0.25) is 5.95 Å². The summed E-state index contributed by atoms with van der Waals surface area (Å²) in [5.74, 6) is 1.09. The van der Waals surface area contributed by atoms with Gasteiger partial charge in [0.25, 0.3) is 0 Å². The van der Waals surface area contributed by atoms with Gasteiger partial charge in [0, 0.05) is 32.8 Å². The Kier molecular flexibility index (Phi) is 7.37. The molecule has 5 nitrogen and oxygen atoms in total. The van der Waals surface area contributed by atoms with Crippen molar-refractivity contribution in [3.05, 3.63) is 24.3 Å². The van der Waals surface area contributed by atoms with Crippen molar-refractivity contribution in [2.24, 2.45) is 0 Å². The molecule has 1 aliphatic heterocycles. The van der Waals surface area contributed by atoms with Gasteiger partial charge in [-0.3, -0.25) is 0 Å². The molecule has 0 amide bonds. The number of ether oxygens (including phenoxy) is 1. The second-order valence-corrected chi connectivity index (χ2v) is 5.89. The zero-order valence-corrected chi connectivity index (χ0v) is 13.7. The Bertz CT molecular complexity index is 616. The van der Waals surface area contributed by atoms with Crippen LogP contribution in [0.15, 0.2) is 24.3 Å². The van der Waals surface area contributed by atoms with Crippen molar-refractivity contribution in [2.45, 2.75) is 19.9 Å². The topological polar surface area (TPSA) is 33.5 Å². The summed E-state index contributed by atoms with van der Waals surface area (Å²) in [6.45, 7) is 8.75. The molecule has 122 valence electrons. The summed E-state index contributed by atoms with van der Waals surface area (Å²) in [5, 5.41) is 0. The van der Waals surface area contributed by atoms with E-state index < -0.39 is 0 Å². The molecule has 0 spiro atoms. The number of likely N-dealkylation sites (N-methyl/N-ethyl adjacent to an activating group) is 1. The zero-order chi connectivity index (χ0) is 15.4. The van der Waals surface area contributed by atoms with Crippen LogP contribution in [0.3, 0.4) is 0 Å². The average Bonchev–Trinajstić information content (AvgIpc) is 2.75. The van der Waals surface area contributed by atoms with E-state index in [4.69, 9.17) is 9.72 Å². The molecule has 2 heterocycles. The quantitative estimate of drug-likeness (QED) is 0.617. The van der Waals surface area contributed by atoms with Gasteiger partial charge in [-0.1, -0.05) is 12.1 Å². The maximum absolute atomic E-state index is 5.56. The number of para-hydroxylation sites is 2. The molecule has 0 N–H and O–H groups in total. The second kappa shape index (κ2) is 9.04. The van der Waals surface area contributed by atoms with Gasteiger partial charge < -0.3 is 19.1 Å². The van der Waals surface area contributed by atoms with E-state index in [1.54, 1.807) is 0 Å². The van der Waals surface area contributed by atoms with E-state index in [0.717, 1.165) is 57.4 Å². The fourth-order valence-electron chi connectivity index (χ4n) is 3.07. The van der Waals surface area contributed by atoms with E-state index in [9.17, 15) is 0 Å². The van der Waals surface area contributed by atoms with Gasteiger partial charge >= 0.3 is 29.6 Å². The fourth-order valence-corrected chi connectivity index (χ4v) is 3.07. The Balaban J connectivity index is 0.00000192. The molecule has 0 aliphatic carbocycles. The van der Waals surface area contributed by atoms with E-state index >= 15 is 0 Å². The Morgan fingerprint density at radius 2 is 1.96 bits per heavy atom. The first-order valence-corrected chi connectivity index (χ1v) is 8.26. The molecule has 23 heavy (non-hydrogen) atoms. The Labute approximate surface area is 160 Å². The Hall–Kier alpha value is -0.590. The van der Waals surface area contributed by atoms with E-state index in [-0.39, 0.29) is 29.6 Å². The number of hydrogen-bond donors (Lipinski definition) is 0. The summed E-state index contributed by atoms with van der Waals surface area (Å²) in [6, 6.07) is 8.39. The molecule has 2 aromatic rings. The van der Waals surface area contributed by atoms with Crippen molar-refractivity contribution in [1.29, 1.82) is 0 Å². The first-order valence-electron chi connectivity index (χ1n) is 8.26.